The molecule has 0 aliphatic carbocycles. The van der Waals surface area contributed by atoms with Crippen molar-refractivity contribution in [1.29, 1.82) is 0 Å². The van der Waals surface area contributed by atoms with Gasteiger partial charge in [-0.1, -0.05) is 13.0 Å². The highest BCUT2D eigenvalue weighted by molar-refractivity contribution is 5.93. The highest BCUT2D eigenvalue weighted by Gasteiger charge is 2.38. The first-order valence-electron chi connectivity index (χ1n) is 6.52. The zero-order valence-corrected chi connectivity index (χ0v) is 11.1. The Kier molecular flexibility index (Phi) is 2.93. The molecule has 2 aromatic rings. The molecule has 1 N–H and O–H groups in total. The number of carbonyl (C=O) groups is 2. The van der Waals surface area contributed by atoms with Gasteiger partial charge >= 0.3 is 5.97 Å². The van der Waals surface area contributed by atoms with Crippen molar-refractivity contribution in [1.82, 2.24) is 14.3 Å². The predicted molar refractivity (Wildman–Crippen MR) is 71.4 cm³/mol. The maximum absolute atomic E-state index is 12.2. The third-order valence-electron chi connectivity index (χ3n) is 3.88. The lowest BCUT2D eigenvalue weighted by atomic mass is 9.87. The fraction of sp³-hybridized carbons (Fsp3) is 0.357. The van der Waals surface area contributed by atoms with Crippen molar-refractivity contribution in [2.75, 3.05) is 13.1 Å². The topological polar surface area (TPSA) is 74.9 Å². The molecule has 0 spiro atoms. The van der Waals surface area contributed by atoms with Gasteiger partial charge in [0.05, 0.1) is 5.92 Å². The lowest BCUT2D eigenvalue weighted by molar-refractivity contribution is -0.144. The van der Waals surface area contributed by atoms with Gasteiger partial charge in [-0.3, -0.25) is 9.59 Å². The van der Waals surface area contributed by atoms with Gasteiger partial charge in [0.2, 0.25) is 0 Å². The summed E-state index contributed by atoms with van der Waals surface area (Å²) < 4.78 is 1.80. The van der Waals surface area contributed by atoms with Crippen LogP contribution in [0.1, 0.15) is 17.4 Å². The van der Waals surface area contributed by atoms with Crippen molar-refractivity contribution in [3.05, 3.63) is 36.3 Å². The number of hydrogen-bond acceptors (Lipinski definition) is 3. The van der Waals surface area contributed by atoms with E-state index in [2.05, 4.69) is 4.98 Å². The normalized spacial score (nSPS) is 16.9. The summed E-state index contributed by atoms with van der Waals surface area (Å²) in [5.74, 6) is -1.33. The first-order chi connectivity index (χ1) is 9.56. The van der Waals surface area contributed by atoms with Crippen LogP contribution in [0, 0.1) is 11.8 Å². The molecule has 1 atom stereocenters. The Morgan fingerprint density at radius 2 is 2.15 bits per heavy atom. The SMILES string of the molecule is CC(C(=O)O)C1CN(C(=O)c2cn3ccccc3n2)C1. The highest BCUT2D eigenvalue weighted by atomic mass is 16.4. The Balaban J connectivity index is 1.70. The molecule has 1 fully saturated rings. The maximum Gasteiger partial charge on any atom is 0.306 e. The van der Waals surface area contributed by atoms with Crippen molar-refractivity contribution in [2.24, 2.45) is 11.8 Å². The van der Waals surface area contributed by atoms with Gasteiger partial charge in [-0.2, -0.15) is 0 Å². The molecule has 1 amide bonds. The number of aromatic nitrogens is 2. The summed E-state index contributed by atoms with van der Waals surface area (Å²) in [6.45, 7) is 2.65. The Morgan fingerprint density at radius 1 is 1.40 bits per heavy atom. The first kappa shape index (κ1) is 12.7. The number of fused-ring (bicyclic) bond motifs is 1. The number of carboxylic acid groups (broad SMARTS) is 1. The van der Waals surface area contributed by atoms with Gasteiger partial charge in [0.25, 0.3) is 5.91 Å². The Bertz CT molecular complexity index is 640. The molecular weight excluding hydrogens is 258 g/mol. The predicted octanol–water partition coefficient (Wildman–Crippen LogP) is 1.13. The molecule has 0 aromatic carbocycles. The van der Waals surface area contributed by atoms with Crippen LogP contribution in [0.5, 0.6) is 0 Å². The summed E-state index contributed by atoms with van der Waals surface area (Å²) in [4.78, 5) is 29.0. The van der Waals surface area contributed by atoms with Crippen LogP contribution in [0.15, 0.2) is 30.6 Å². The van der Waals surface area contributed by atoms with Crippen LogP contribution in [-0.2, 0) is 4.79 Å². The summed E-state index contributed by atoms with van der Waals surface area (Å²) in [5, 5.41) is 8.94. The molecule has 3 rings (SSSR count). The average molecular weight is 273 g/mol. The van der Waals surface area contributed by atoms with E-state index >= 15 is 0 Å². The molecule has 0 radical (unpaired) electrons. The van der Waals surface area contributed by atoms with Gasteiger partial charge in [-0.25, -0.2) is 4.98 Å². The molecule has 1 aliphatic rings. The molecule has 2 aromatic heterocycles. The number of imidazole rings is 1. The molecule has 1 aliphatic heterocycles. The molecule has 0 bridgehead atoms. The molecule has 3 heterocycles. The Labute approximate surface area is 115 Å². The molecule has 6 nitrogen and oxygen atoms in total. The Morgan fingerprint density at radius 3 is 2.80 bits per heavy atom. The third-order valence-corrected chi connectivity index (χ3v) is 3.88. The summed E-state index contributed by atoms with van der Waals surface area (Å²) in [5.41, 5.74) is 1.13. The van der Waals surface area contributed by atoms with Crippen molar-refractivity contribution in [3.63, 3.8) is 0 Å². The van der Waals surface area contributed by atoms with Crippen molar-refractivity contribution < 1.29 is 14.7 Å². The van der Waals surface area contributed by atoms with E-state index in [0.29, 0.717) is 18.8 Å². The number of nitrogens with zero attached hydrogens (tertiary/aromatic N) is 3. The van der Waals surface area contributed by atoms with Crippen LogP contribution in [0.2, 0.25) is 0 Å². The zero-order valence-electron chi connectivity index (χ0n) is 11.1. The summed E-state index contributed by atoms with van der Waals surface area (Å²) in [6.07, 6.45) is 3.54. The van der Waals surface area contributed by atoms with Gasteiger partial charge in [-0.15, -0.1) is 0 Å². The van der Waals surface area contributed by atoms with Crippen LogP contribution in [-0.4, -0.2) is 44.4 Å². The molecular formula is C14H15N3O3. The lowest BCUT2D eigenvalue weighted by Crippen LogP contribution is -2.53. The van der Waals surface area contributed by atoms with Crippen LogP contribution in [0.25, 0.3) is 5.65 Å². The second kappa shape index (κ2) is 4.63. The number of carbonyl (C=O) groups excluding carboxylic acids is 1. The number of rotatable bonds is 3. The summed E-state index contributed by atoms with van der Waals surface area (Å²) in [7, 11) is 0. The fourth-order valence-corrected chi connectivity index (χ4v) is 2.40. The van der Waals surface area contributed by atoms with Gasteiger partial charge in [0, 0.05) is 31.4 Å². The van der Waals surface area contributed by atoms with Crippen molar-refractivity contribution in [3.8, 4) is 0 Å². The second-order valence-electron chi connectivity index (χ2n) is 5.19. The van der Waals surface area contributed by atoms with Crippen LogP contribution in [0.3, 0.4) is 0 Å². The minimum Gasteiger partial charge on any atom is -0.481 e. The van der Waals surface area contributed by atoms with Gasteiger partial charge in [0.15, 0.2) is 0 Å². The van der Waals surface area contributed by atoms with E-state index < -0.39 is 11.9 Å². The molecule has 6 heteroatoms. The number of likely N-dealkylation sites (tertiary alicyclic amines) is 1. The van der Waals surface area contributed by atoms with Gasteiger partial charge < -0.3 is 14.4 Å². The smallest absolute Gasteiger partial charge is 0.306 e. The van der Waals surface area contributed by atoms with E-state index in [1.54, 1.807) is 22.4 Å². The van der Waals surface area contributed by atoms with E-state index in [9.17, 15) is 9.59 Å². The van der Waals surface area contributed by atoms with E-state index in [-0.39, 0.29) is 11.8 Å². The van der Waals surface area contributed by atoms with Crippen LogP contribution in [0.4, 0.5) is 0 Å². The number of amides is 1. The quantitative estimate of drug-likeness (QED) is 0.909. The molecule has 1 saturated heterocycles. The van der Waals surface area contributed by atoms with Crippen LogP contribution < -0.4 is 0 Å². The molecule has 20 heavy (non-hydrogen) atoms. The zero-order chi connectivity index (χ0) is 14.3. The monoisotopic (exact) mass is 273 g/mol. The third kappa shape index (κ3) is 2.03. The number of pyridine rings is 1. The molecule has 0 saturated carbocycles. The van der Waals surface area contributed by atoms with Crippen molar-refractivity contribution >= 4 is 17.5 Å². The number of aliphatic carboxylic acids is 1. The minimum absolute atomic E-state index is 0.0356. The van der Waals surface area contributed by atoms with E-state index in [0.717, 1.165) is 5.65 Å². The van der Waals surface area contributed by atoms with E-state index in [4.69, 9.17) is 5.11 Å². The van der Waals surface area contributed by atoms with Gasteiger partial charge in [0.1, 0.15) is 11.3 Å². The minimum atomic E-state index is -0.810. The molecule has 1 unspecified atom stereocenters. The van der Waals surface area contributed by atoms with E-state index in [1.165, 1.54) is 0 Å². The highest BCUT2D eigenvalue weighted by Crippen LogP contribution is 2.25. The fourth-order valence-electron chi connectivity index (χ4n) is 2.40. The Hall–Kier alpha value is -2.37. The van der Waals surface area contributed by atoms with E-state index in [1.807, 2.05) is 24.4 Å². The summed E-state index contributed by atoms with van der Waals surface area (Å²) in [6, 6.07) is 5.57. The average Bonchev–Trinajstić information content (AvgIpc) is 2.80. The van der Waals surface area contributed by atoms with Gasteiger partial charge in [-0.05, 0) is 12.1 Å². The second-order valence-corrected chi connectivity index (χ2v) is 5.19. The summed E-state index contributed by atoms with van der Waals surface area (Å²) >= 11 is 0. The first-order valence-corrected chi connectivity index (χ1v) is 6.52. The maximum atomic E-state index is 12.2. The number of hydrogen-bond donors (Lipinski definition) is 1. The largest absolute Gasteiger partial charge is 0.481 e. The molecule has 104 valence electrons. The van der Waals surface area contributed by atoms with Crippen molar-refractivity contribution in [2.45, 2.75) is 6.92 Å². The van der Waals surface area contributed by atoms with Crippen LogP contribution >= 0.6 is 0 Å². The standard InChI is InChI=1S/C14H15N3O3/c1-9(14(19)20)10-6-17(7-10)13(18)11-8-16-5-3-2-4-12(16)15-11/h2-5,8-10H,6-7H2,1H3,(H,19,20). The lowest BCUT2D eigenvalue weighted by Gasteiger charge is -2.40. The number of carboxylic acids is 1.